The third kappa shape index (κ3) is 5.80. The van der Waals surface area contributed by atoms with Crippen LogP contribution < -0.4 is 0 Å². The Morgan fingerprint density at radius 2 is 1.75 bits per heavy atom. The SMILES string of the molecule is CC(=O)O[C@H]1CC[C@]2(C)C3CC(=O)[C@@]4(C)C(C[C@H](OC(C)=O)[C@@H]4[C@H](C)C(=O)CC[C@@H](C)C[Se]C#N)C3CC[C@H]2C1. The molecule has 11 atom stereocenters. The minimum absolute atomic E-state index is 0.0219. The fourth-order valence-corrected chi connectivity index (χ4v) is 10.7. The van der Waals surface area contributed by atoms with Gasteiger partial charge in [0.05, 0.1) is 0 Å². The maximum absolute atomic E-state index is 14.3. The number of carbonyl (C=O) groups excluding carboxylic acids is 4. The van der Waals surface area contributed by atoms with Gasteiger partial charge in [-0.1, -0.05) is 6.92 Å². The van der Waals surface area contributed by atoms with Crippen molar-refractivity contribution in [3.63, 3.8) is 0 Å². The Bertz CT molecular complexity index is 1050. The van der Waals surface area contributed by atoms with E-state index in [1.807, 2.05) is 6.92 Å². The van der Waals surface area contributed by atoms with E-state index in [0.29, 0.717) is 37.0 Å². The fraction of sp³-hybridized carbons (Fsp3) is 0.844. The van der Waals surface area contributed by atoms with E-state index in [-0.39, 0.29) is 73.7 Å². The number of Topliss-reactive ketones (excluding diaryl/α,β-unsaturated/α-hetero) is 2. The predicted octanol–water partition coefficient (Wildman–Crippen LogP) is 5.52. The molecule has 4 fully saturated rings. The monoisotopic (exact) mass is 621 g/mol. The molecule has 4 rings (SSSR count). The summed E-state index contributed by atoms with van der Waals surface area (Å²) < 4.78 is 11.5. The number of carbonyl (C=O) groups is 4. The van der Waals surface area contributed by atoms with Crippen molar-refractivity contribution in [3.8, 4) is 4.97 Å². The second kappa shape index (κ2) is 12.3. The van der Waals surface area contributed by atoms with Crippen LogP contribution in [0.2, 0.25) is 5.32 Å². The van der Waals surface area contributed by atoms with Crippen molar-refractivity contribution in [2.24, 2.45) is 52.3 Å². The molecule has 0 amide bonds. The third-order valence-corrected chi connectivity index (χ3v) is 13.4. The van der Waals surface area contributed by atoms with Gasteiger partial charge in [-0.15, -0.1) is 0 Å². The van der Waals surface area contributed by atoms with Gasteiger partial charge in [-0.25, -0.2) is 0 Å². The quantitative estimate of drug-likeness (QED) is 0.247. The van der Waals surface area contributed by atoms with Gasteiger partial charge in [0, 0.05) is 6.92 Å². The summed E-state index contributed by atoms with van der Waals surface area (Å²) in [6.45, 7) is 11.3. The minimum Gasteiger partial charge on any atom is -0.0322 e. The number of hydrogen-bond acceptors (Lipinski definition) is 7. The smallest absolute Gasteiger partial charge is 0.0322 e. The van der Waals surface area contributed by atoms with Gasteiger partial charge in [-0.3, -0.25) is 4.79 Å². The van der Waals surface area contributed by atoms with Gasteiger partial charge in [-0.05, 0) is 25.2 Å². The number of nitriles is 1. The zero-order chi connectivity index (χ0) is 29.4. The van der Waals surface area contributed by atoms with Crippen LogP contribution in [0.1, 0.15) is 99.3 Å². The minimum atomic E-state index is -0.690. The van der Waals surface area contributed by atoms with E-state index in [1.54, 1.807) is 0 Å². The second-order valence-corrected chi connectivity index (χ2v) is 15.5. The number of ketones is 2. The molecule has 40 heavy (non-hydrogen) atoms. The molecule has 0 saturated heterocycles. The zero-order valence-electron chi connectivity index (χ0n) is 25.1. The topological polar surface area (TPSA) is 111 Å². The Labute approximate surface area is 246 Å². The van der Waals surface area contributed by atoms with Crippen LogP contribution in [0.3, 0.4) is 0 Å². The van der Waals surface area contributed by atoms with Crippen molar-refractivity contribution >= 4 is 38.5 Å². The first-order valence-corrected chi connectivity index (χ1v) is 17.3. The molecular formula is C32H47NO6Se. The first kappa shape index (κ1) is 31.2. The molecule has 8 heteroatoms. The normalized spacial score (nSPS) is 40.0. The molecule has 0 aliphatic heterocycles. The Balaban J connectivity index is 1.56. The standard InChI is InChI=1S/C32H47NO6Se/c1-18(16-40-17-33)7-10-27(36)19(2)30-28(39-21(4)35)14-26-24-9-8-22-13-23(38-20(3)34)11-12-31(22,5)25(24)15-29(37)32(26,30)6/h18-19,22-26,28,30H,7-16H2,1-6H3/t18-,19-,22+,23+,24?,25?,26?,28+,30+,31+,32-/m1/s1. The summed E-state index contributed by atoms with van der Waals surface area (Å²) in [6.07, 6.45) is 6.59. The molecule has 3 unspecified atom stereocenters. The summed E-state index contributed by atoms with van der Waals surface area (Å²) >= 11 is -0.0545. The van der Waals surface area contributed by atoms with Crippen LogP contribution >= 0.6 is 0 Å². The van der Waals surface area contributed by atoms with Crippen molar-refractivity contribution in [2.75, 3.05) is 0 Å². The molecule has 0 aromatic carbocycles. The van der Waals surface area contributed by atoms with Crippen LogP contribution in [0.15, 0.2) is 0 Å². The summed E-state index contributed by atoms with van der Waals surface area (Å²) in [5.74, 6) is 0.547. The predicted molar refractivity (Wildman–Crippen MR) is 151 cm³/mol. The summed E-state index contributed by atoms with van der Waals surface area (Å²) in [4.78, 5) is 53.9. The van der Waals surface area contributed by atoms with Crippen molar-refractivity contribution in [2.45, 2.75) is 117 Å². The number of nitrogens with zero attached hydrogens (tertiary/aromatic N) is 1. The van der Waals surface area contributed by atoms with Crippen LogP contribution in [0.5, 0.6) is 0 Å². The number of esters is 2. The molecule has 0 N–H and O–H groups in total. The van der Waals surface area contributed by atoms with Crippen molar-refractivity contribution in [1.29, 1.82) is 5.26 Å². The van der Waals surface area contributed by atoms with Crippen molar-refractivity contribution in [1.82, 2.24) is 0 Å². The molecule has 0 spiro atoms. The molecule has 0 radical (unpaired) electrons. The van der Waals surface area contributed by atoms with Crippen molar-refractivity contribution in [3.05, 3.63) is 0 Å². The summed E-state index contributed by atoms with van der Waals surface area (Å²) in [5, 5.41) is 9.75. The van der Waals surface area contributed by atoms with E-state index in [0.717, 1.165) is 43.8 Å². The summed E-state index contributed by atoms with van der Waals surface area (Å²) in [6, 6.07) is 0. The number of ether oxygens (including phenoxy) is 2. The van der Waals surface area contributed by atoms with Gasteiger partial charge < -0.3 is 4.74 Å². The second-order valence-electron chi connectivity index (χ2n) is 13.8. The van der Waals surface area contributed by atoms with E-state index >= 15 is 0 Å². The van der Waals surface area contributed by atoms with Crippen molar-refractivity contribution < 1.29 is 28.7 Å². The van der Waals surface area contributed by atoms with Gasteiger partial charge in [0.2, 0.25) is 0 Å². The number of hydrogen-bond donors (Lipinski definition) is 0. The third-order valence-electron chi connectivity index (χ3n) is 11.6. The van der Waals surface area contributed by atoms with Gasteiger partial charge >= 0.3 is 192 Å². The maximum atomic E-state index is 14.3. The van der Waals surface area contributed by atoms with Gasteiger partial charge in [0.15, 0.2) is 0 Å². The molecule has 7 nitrogen and oxygen atoms in total. The van der Waals surface area contributed by atoms with Crippen LogP contribution in [-0.2, 0) is 28.7 Å². The molecule has 4 saturated carbocycles. The fourth-order valence-electron chi connectivity index (χ4n) is 9.57. The Morgan fingerprint density at radius 1 is 1.05 bits per heavy atom. The average molecular weight is 621 g/mol. The van der Waals surface area contributed by atoms with E-state index in [1.165, 1.54) is 13.8 Å². The summed E-state index contributed by atoms with van der Waals surface area (Å²) in [5.41, 5.74) is -0.669. The van der Waals surface area contributed by atoms with Crippen LogP contribution in [0.4, 0.5) is 0 Å². The molecule has 4 aliphatic carbocycles. The van der Waals surface area contributed by atoms with Crippen LogP contribution in [0, 0.1) is 62.5 Å². The molecular weight excluding hydrogens is 573 g/mol. The Hall–Kier alpha value is -1.71. The van der Waals surface area contributed by atoms with Gasteiger partial charge in [0.1, 0.15) is 6.10 Å². The molecule has 0 heterocycles. The molecule has 0 bridgehead atoms. The van der Waals surface area contributed by atoms with Crippen LogP contribution in [0.25, 0.3) is 0 Å². The Morgan fingerprint density at radius 3 is 2.40 bits per heavy atom. The molecule has 0 aromatic rings. The number of rotatable bonds is 9. The molecule has 4 aliphatic rings. The molecule has 222 valence electrons. The van der Waals surface area contributed by atoms with E-state index in [4.69, 9.17) is 14.7 Å². The number of fused-ring (bicyclic) bond motifs is 5. The van der Waals surface area contributed by atoms with E-state index < -0.39 is 11.5 Å². The van der Waals surface area contributed by atoms with E-state index in [2.05, 4.69) is 25.7 Å². The van der Waals surface area contributed by atoms with Gasteiger partial charge in [0.25, 0.3) is 0 Å². The first-order chi connectivity index (χ1) is 18.8. The zero-order valence-corrected chi connectivity index (χ0v) is 26.8. The summed E-state index contributed by atoms with van der Waals surface area (Å²) in [7, 11) is 0. The Kier molecular flexibility index (Phi) is 9.57. The van der Waals surface area contributed by atoms with Gasteiger partial charge in [-0.2, -0.15) is 0 Å². The first-order valence-electron chi connectivity index (χ1n) is 15.2. The van der Waals surface area contributed by atoms with E-state index in [9.17, 15) is 19.2 Å². The average Bonchev–Trinajstić information content (AvgIpc) is 3.18. The molecule has 0 aromatic heterocycles. The van der Waals surface area contributed by atoms with Crippen LogP contribution in [-0.4, -0.2) is 50.7 Å².